The highest BCUT2D eigenvalue weighted by Crippen LogP contribution is 2.27. The molecule has 0 radical (unpaired) electrons. The van der Waals surface area contributed by atoms with E-state index in [2.05, 4.69) is 16.9 Å². The van der Waals surface area contributed by atoms with E-state index >= 15 is 0 Å². The second-order valence-corrected chi connectivity index (χ2v) is 5.99. The van der Waals surface area contributed by atoms with Gasteiger partial charge in [0, 0.05) is 24.2 Å². The predicted molar refractivity (Wildman–Crippen MR) is 98.4 cm³/mol. The molecule has 0 aromatic carbocycles. The molecule has 1 amide bonds. The lowest BCUT2D eigenvalue weighted by atomic mass is 9.83. The SMILES string of the molecule is C=C(/C=C\C=C\N=C(N)N)C(=O)NC1CCCC(CC(=O)OCC)C1. The number of aliphatic imine (C=N–C) groups is 1. The van der Waals surface area contributed by atoms with Crippen LogP contribution in [0.15, 0.2) is 41.6 Å². The number of amides is 1. The van der Waals surface area contributed by atoms with Crippen molar-refractivity contribution in [3.05, 3.63) is 36.6 Å². The van der Waals surface area contributed by atoms with Crippen molar-refractivity contribution in [1.82, 2.24) is 5.32 Å². The summed E-state index contributed by atoms with van der Waals surface area (Å²) in [5, 5.41) is 2.98. The zero-order valence-corrected chi connectivity index (χ0v) is 14.7. The Morgan fingerprint density at radius 2 is 2.08 bits per heavy atom. The number of esters is 1. The van der Waals surface area contributed by atoms with Crippen LogP contribution in [0.3, 0.4) is 0 Å². The van der Waals surface area contributed by atoms with Crippen LogP contribution in [0.2, 0.25) is 0 Å². The topological polar surface area (TPSA) is 120 Å². The summed E-state index contributed by atoms with van der Waals surface area (Å²) in [6.07, 6.45) is 10.3. The molecule has 1 aliphatic carbocycles. The van der Waals surface area contributed by atoms with Crippen molar-refractivity contribution in [3.63, 3.8) is 0 Å². The lowest BCUT2D eigenvalue weighted by molar-refractivity contribution is -0.144. The van der Waals surface area contributed by atoms with Gasteiger partial charge < -0.3 is 21.5 Å². The Morgan fingerprint density at radius 1 is 1.32 bits per heavy atom. The van der Waals surface area contributed by atoms with Gasteiger partial charge in [-0.15, -0.1) is 0 Å². The Bertz CT molecular complexity index is 563. The number of nitrogens with zero attached hydrogens (tertiary/aromatic N) is 1. The van der Waals surface area contributed by atoms with Gasteiger partial charge in [-0.05, 0) is 38.2 Å². The number of hydrogen-bond acceptors (Lipinski definition) is 4. The monoisotopic (exact) mass is 348 g/mol. The minimum Gasteiger partial charge on any atom is -0.466 e. The van der Waals surface area contributed by atoms with E-state index in [0.29, 0.717) is 18.6 Å². The van der Waals surface area contributed by atoms with E-state index in [1.54, 1.807) is 25.2 Å². The third-order valence-corrected chi connectivity index (χ3v) is 3.89. The highest BCUT2D eigenvalue weighted by molar-refractivity contribution is 5.95. The molecule has 7 nitrogen and oxygen atoms in total. The van der Waals surface area contributed by atoms with Crippen LogP contribution < -0.4 is 16.8 Å². The minimum absolute atomic E-state index is 0.0316. The van der Waals surface area contributed by atoms with Crippen LogP contribution in [0.4, 0.5) is 0 Å². The largest absolute Gasteiger partial charge is 0.466 e. The molecule has 1 rings (SSSR count). The van der Waals surface area contributed by atoms with Crippen molar-refractivity contribution in [1.29, 1.82) is 0 Å². The molecule has 0 aromatic heterocycles. The molecule has 7 heteroatoms. The first-order chi connectivity index (χ1) is 11.9. The van der Waals surface area contributed by atoms with Gasteiger partial charge in [0.25, 0.3) is 5.91 Å². The Balaban J connectivity index is 2.43. The number of nitrogens with two attached hydrogens (primary N) is 2. The smallest absolute Gasteiger partial charge is 0.306 e. The van der Waals surface area contributed by atoms with E-state index in [9.17, 15) is 9.59 Å². The van der Waals surface area contributed by atoms with Gasteiger partial charge in [0.05, 0.1) is 6.61 Å². The summed E-state index contributed by atoms with van der Waals surface area (Å²) in [4.78, 5) is 27.4. The van der Waals surface area contributed by atoms with E-state index in [-0.39, 0.29) is 29.8 Å². The summed E-state index contributed by atoms with van der Waals surface area (Å²) in [7, 11) is 0. The lowest BCUT2D eigenvalue weighted by Gasteiger charge is -2.29. The Kier molecular flexibility index (Phi) is 9.06. The lowest BCUT2D eigenvalue weighted by Crippen LogP contribution is -2.39. The van der Waals surface area contributed by atoms with E-state index in [1.165, 1.54) is 6.20 Å². The number of allylic oxidation sites excluding steroid dienone is 2. The molecule has 1 fully saturated rings. The molecule has 0 aromatic rings. The molecular weight excluding hydrogens is 320 g/mol. The summed E-state index contributed by atoms with van der Waals surface area (Å²) >= 11 is 0. The average molecular weight is 348 g/mol. The van der Waals surface area contributed by atoms with Crippen LogP contribution in [-0.2, 0) is 14.3 Å². The van der Waals surface area contributed by atoms with Crippen LogP contribution >= 0.6 is 0 Å². The van der Waals surface area contributed by atoms with Gasteiger partial charge in [0.2, 0.25) is 0 Å². The van der Waals surface area contributed by atoms with E-state index in [4.69, 9.17) is 16.2 Å². The molecule has 0 spiro atoms. The molecule has 0 saturated heterocycles. The third kappa shape index (κ3) is 8.74. The third-order valence-electron chi connectivity index (χ3n) is 3.89. The maximum atomic E-state index is 12.2. The van der Waals surface area contributed by atoms with Crippen molar-refractivity contribution >= 4 is 17.8 Å². The molecule has 5 N–H and O–H groups in total. The first kappa shape index (κ1) is 20.5. The van der Waals surface area contributed by atoms with Crippen LogP contribution in [0.25, 0.3) is 0 Å². The zero-order chi connectivity index (χ0) is 18.7. The second kappa shape index (κ2) is 11.1. The summed E-state index contributed by atoms with van der Waals surface area (Å²) < 4.78 is 5.00. The maximum Gasteiger partial charge on any atom is 0.306 e. The molecule has 0 aliphatic heterocycles. The number of ether oxygens (including phenoxy) is 1. The first-order valence-corrected chi connectivity index (χ1v) is 8.49. The summed E-state index contributed by atoms with van der Waals surface area (Å²) in [5.74, 6) is -0.159. The Morgan fingerprint density at radius 3 is 2.76 bits per heavy atom. The molecule has 138 valence electrons. The number of guanidine groups is 1. The highest BCUT2D eigenvalue weighted by atomic mass is 16.5. The fourth-order valence-electron chi connectivity index (χ4n) is 2.77. The molecule has 1 aliphatic rings. The molecule has 2 atom stereocenters. The first-order valence-electron chi connectivity index (χ1n) is 8.49. The van der Waals surface area contributed by atoms with Crippen LogP contribution in [0, 0.1) is 5.92 Å². The number of nitrogens with one attached hydrogen (secondary N) is 1. The van der Waals surface area contributed by atoms with Crippen LogP contribution in [0.5, 0.6) is 0 Å². The fourth-order valence-corrected chi connectivity index (χ4v) is 2.77. The summed E-state index contributed by atoms with van der Waals surface area (Å²) in [6, 6.07) is 0.0583. The number of rotatable bonds is 8. The molecule has 25 heavy (non-hydrogen) atoms. The van der Waals surface area contributed by atoms with E-state index in [0.717, 1.165) is 25.7 Å². The van der Waals surface area contributed by atoms with Gasteiger partial charge >= 0.3 is 5.97 Å². The van der Waals surface area contributed by atoms with Gasteiger partial charge in [-0.3, -0.25) is 9.59 Å². The standard InChI is InChI=1S/C18H28N4O3/c1-3-25-16(23)12-14-8-6-9-15(11-14)22-17(24)13(2)7-4-5-10-21-18(19)20/h4-5,7,10,14-15H,2-3,6,8-9,11-12H2,1H3,(H,22,24)(H4,19,20,21)/b7-4-,10-5+. The van der Waals surface area contributed by atoms with Gasteiger partial charge in [0.15, 0.2) is 5.96 Å². The van der Waals surface area contributed by atoms with Crippen molar-refractivity contribution in [2.24, 2.45) is 22.4 Å². The molecule has 2 unspecified atom stereocenters. The van der Waals surface area contributed by atoms with Crippen LogP contribution in [-0.4, -0.2) is 30.5 Å². The summed E-state index contributed by atoms with van der Waals surface area (Å²) in [6.45, 7) is 5.95. The average Bonchev–Trinajstić information content (AvgIpc) is 2.54. The molecule has 0 heterocycles. The normalized spacial score (nSPS) is 20.4. The van der Waals surface area contributed by atoms with Crippen molar-refractivity contribution in [2.75, 3.05) is 6.61 Å². The van der Waals surface area contributed by atoms with Gasteiger partial charge in [-0.1, -0.05) is 25.2 Å². The van der Waals surface area contributed by atoms with Crippen molar-refractivity contribution in [2.45, 2.75) is 45.1 Å². The number of carbonyl (C=O) groups is 2. The zero-order valence-electron chi connectivity index (χ0n) is 14.7. The highest BCUT2D eigenvalue weighted by Gasteiger charge is 2.25. The maximum absolute atomic E-state index is 12.2. The van der Waals surface area contributed by atoms with Crippen molar-refractivity contribution in [3.8, 4) is 0 Å². The van der Waals surface area contributed by atoms with Crippen molar-refractivity contribution < 1.29 is 14.3 Å². The fraction of sp³-hybridized carbons (Fsp3) is 0.500. The predicted octanol–water partition coefficient (Wildman–Crippen LogP) is 1.51. The van der Waals surface area contributed by atoms with Gasteiger partial charge in [0.1, 0.15) is 0 Å². The van der Waals surface area contributed by atoms with Crippen LogP contribution in [0.1, 0.15) is 39.0 Å². The minimum atomic E-state index is -0.215. The molecular formula is C18H28N4O3. The van der Waals surface area contributed by atoms with E-state index < -0.39 is 0 Å². The van der Waals surface area contributed by atoms with E-state index in [1.807, 2.05) is 0 Å². The summed E-state index contributed by atoms with van der Waals surface area (Å²) in [5.41, 5.74) is 10.7. The molecule has 1 saturated carbocycles. The number of hydrogen-bond donors (Lipinski definition) is 3. The molecule has 0 bridgehead atoms. The van der Waals surface area contributed by atoms with Gasteiger partial charge in [-0.25, -0.2) is 4.99 Å². The second-order valence-electron chi connectivity index (χ2n) is 5.99. The Labute approximate surface area is 148 Å². The number of carbonyl (C=O) groups excluding carboxylic acids is 2. The Hall–Kier alpha value is -2.57. The quantitative estimate of drug-likeness (QED) is 0.202. The van der Waals surface area contributed by atoms with Gasteiger partial charge in [-0.2, -0.15) is 0 Å².